The number of hydrogen-bond donors (Lipinski definition) is 1. The molecular weight excluding hydrogens is 396 g/mol. The summed E-state index contributed by atoms with van der Waals surface area (Å²) in [6.45, 7) is 5.57. The molecule has 1 aromatic carbocycles. The molecule has 0 saturated heterocycles. The van der Waals surface area contributed by atoms with E-state index < -0.39 is 0 Å². The molecule has 0 amide bonds. The second-order valence-corrected chi connectivity index (χ2v) is 6.25. The van der Waals surface area contributed by atoms with Crippen molar-refractivity contribution in [3.63, 3.8) is 0 Å². The van der Waals surface area contributed by atoms with Crippen LogP contribution in [-0.2, 0) is 0 Å². The highest BCUT2D eigenvalue weighted by molar-refractivity contribution is 9.11. The van der Waals surface area contributed by atoms with Crippen molar-refractivity contribution < 1.29 is 4.74 Å². The molecule has 0 radical (unpaired) electrons. The molecule has 0 saturated carbocycles. The summed E-state index contributed by atoms with van der Waals surface area (Å²) in [5.74, 6) is 0.891. The maximum absolute atomic E-state index is 5.76. The lowest BCUT2D eigenvalue weighted by molar-refractivity contribution is 0.333. The molecule has 21 heavy (non-hydrogen) atoms. The number of para-hydroxylation sites is 1. The van der Waals surface area contributed by atoms with Gasteiger partial charge in [-0.2, -0.15) is 0 Å². The van der Waals surface area contributed by atoms with Crippen molar-refractivity contribution in [3.05, 3.63) is 56.7 Å². The number of rotatable bonds is 6. The Kier molecular flexibility index (Phi) is 6.21. The van der Waals surface area contributed by atoms with Crippen LogP contribution in [0.4, 0.5) is 0 Å². The van der Waals surface area contributed by atoms with Gasteiger partial charge in [0.2, 0.25) is 0 Å². The fraction of sp³-hybridized carbons (Fsp3) is 0.312. The highest BCUT2D eigenvalue weighted by atomic mass is 79.9. The van der Waals surface area contributed by atoms with Gasteiger partial charge in [0.25, 0.3) is 0 Å². The third-order valence-electron chi connectivity index (χ3n) is 3.05. The molecule has 1 aromatic heterocycles. The van der Waals surface area contributed by atoms with Gasteiger partial charge in [-0.05, 0) is 57.5 Å². The molecule has 1 atom stereocenters. The number of hydrogen-bond acceptors (Lipinski definition) is 3. The quantitative estimate of drug-likeness (QED) is 0.744. The van der Waals surface area contributed by atoms with E-state index in [0.717, 1.165) is 32.5 Å². The van der Waals surface area contributed by atoms with Gasteiger partial charge in [-0.3, -0.25) is 4.98 Å². The largest absolute Gasteiger partial charge is 0.494 e. The monoisotopic (exact) mass is 412 g/mol. The smallest absolute Gasteiger partial charge is 0.124 e. The first kappa shape index (κ1) is 16.5. The van der Waals surface area contributed by atoms with E-state index >= 15 is 0 Å². The standard InChI is InChI=1S/C16H18Br2N2O/c1-3-19-15(16-13(18)9-11(17)10-20-16)12-7-5-6-8-14(12)21-4-2/h5-10,15,19H,3-4H2,1-2H3. The Balaban J connectivity index is 2.48. The number of halogens is 2. The molecular formula is C16H18Br2N2O. The molecule has 0 spiro atoms. The van der Waals surface area contributed by atoms with Crippen LogP contribution in [-0.4, -0.2) is 18.1 Å². The van der Waals surface area contributed by atoms with Crippen molar-refractivity contribution >= 4 is 31.9 Å². The van der Waals surface area contributed by atoms with Crippen LogP contribution in [0, 0.1) is 0 Å². The van der Waals surface area contributed by atoms with E-state index in [0.29, 0.717) is 6.61 Å². The first-order valence-corrected chi connectivity index (χ1v) is 8.52. The van der Waals surface area contributed by atoms with Crippen molar-refractivity contribution in [2.24, 2.45) is 0 Å². The van der Waals surface area contributed by atoms with Crippen molar-refractivity contribution in [2.45, 2.75) is 19.9 Å². The van der Waals surface area contributed by atoms with E-state index in [9.17, 15) is 0 Å². The van der Waals surface area contributed by atoms with Crippen LogP contribution in [0.3, 0.4) is 0 Å². The summed E-state index contributed by atoms with van der Waals surface area (Å²) < 4.78 is 7.67. The average Bonchev–Trinajstić information content (AvgIpc) is 2.47. The zero-order valence-corrected chi connectivity index (χ0v) is 15.2. The summed E-state index contributed by atoms with van der Waals surface area (Å²) in [4.78, 5) is 4.56. The fourth-order valence-electron chi connectivity index (χ4n) is 2.20. The highest BCUT2D eigenvalue weighted by Crippen LogP contribution is 2.33. The normalized spacial score (nSPS) is 12.2. The minimum Gasteiger partial charge on any atom is -0.494 e. The summed E-state index contributed by atoms with van der Waals surface area (Å²) in [5.41, 5.74) is 2.05. The van der Waals surface area contributed by atoms with Crippen molar-refractivity contribution in [1.29, 1.82) is 0 Å². The number of nitrogens with one attached hydrogen (secondary N) is 1. The molecule has 2 rings (SSSR count). The summed E-state index contributed by atoms with van der Waals surface area (Å²) in [5, 5.41) is 3.49. The van der Waals surface area contributed by atoms with Crippen LogP contribution in [0.15, 0.2) is 45.5 Å². The lowest BCUT2D eigenvalue weighted by atomic mass is 10.0. The van der Waals surface area contributed by atoms with Crippen LogP contribution in [0.25, 0.3) is 0 Å². The lowest BCUT2D eigenvalue weighted by Crippen LogP contribution is -2.24. The Labute approximate surface area is 142 Å². The molecule has 2 aromatic rings. The number of ether oxygens (including phenoxy) is 1. The van der Waals surface area contributed by atoms with Gasteiger partial charge in [-0.15, -0.1) is 0 Å². The molecule has 0 aliphatic rings. The minimum atomic E-state index is -0.0137. The van der Waals surface area contributed by atoms with E-state index in [1.165, 1.54) is 0 Å². The molecule has 3 nitrogen and oxygen atoms in total. The first-order valence-electron chi connectivity index (χ1n) is 6.93. The third-order valence-corrected chi connectivity index (χ3v) is 4.12. The van der Waals surface area contributed by atoms with Gasteiger partial charge in [-0.1, -0.05) is 25.1 Å². The van der Waals surface area contributed by atoms with E-state index in [4.69, 9.17) is 4.74 Å². The maximum atomic E-state index is 5.76. The Bertz CT molecular complexity index is 605. The van der Waals surface area contributed by atoms with Crippen LogP contribution < -0.4 is 10.1 Å². The van der Waals surface area contributed by atoms with Crippen LogP contribution in [0.1, 0.15) is 31.1 Å². The second-order valence-electron chi connectivity index (χ2n) is 4.48. The van der Waals surface area contributed by atoms with Gasteiger partial charge in [0, 0.05) is 20.7 Å². The third kappa shape index (κ3) is 4.05. The van der Waals surface area contributed by atoms with E-state index in [1.807, 2.05) is 37.4 Å². The summed E-state index contributed by atoms with van der Waals surface area (Å²) in [6, 6.07) is 10.1. The zero-order valence-electron chi connectivity index (χ0n) is 12.1. The highest BCUT2D eigenvalue weighted by Gasteiger charge is 2.21. The van der Waals surface area contributed by atoms with Gasteiger partial charge >= 0.3 is 0 Å². The Morgan fingerprint density at radius 1 is 1.24 bits per heavy atom. The first-order chi connectivity index (χ1) is 10.2. The molecule has 0 fully saturated rings. The Morgan fingerprint density at radius 3 is 2.67 bits per heavy atom. The minimum absolute atomic E-state index is 0.0137. The molecule has 112 valence electrons. The molecule has 0 aliphatic carbocycles. The summed E-state index contributed by atoms with van der Waals surface area (Å²) in [7, 11) is 0. The van der Waals surface area contributed by atoms with Gasteiger partial charge in [0.15, 0.2) is 0 Å². The predicted molar refractivity (Wildman–Crippen MR) is 92.8 cm³/mol. The van der Waals surface area contributed by atoms with E-state index in [1.54, 1.807) is 0 Å². The molecule has 0 bridgehead atoms. The molecule has 1 heterocycles. The van der Waals surface area contributed by atoms with Gasteiger partial charge in [-0.25, -0.2) is 0 Å². The van der Waals surface area contributed by atoms with Crippen molar-refractivity contribution in [2.75, 3.05) is 13.2 Å². The topological polar surface area (TPSA) is 34.1 Å². The van der Waals surface area contributed by atoms with Gasteiger partial charge in [0.05, 0.1) is 18.3 Å². The average molecular weight is 414 g/mol. The van der Waals surface area contributed by atoms with Gasteiger partial charge in [0.1, 0.15) is 5.75 Å². The number of aromatic nitrogens is 1. The number of benzene rings is 1. The van der Waals surface area contributed by atoms with E-state index in [2.05, 4.69) is 55.2 Å². The zero-order chi connectivity index (χ0) is 15.2. The fourth-order valence-corrected chi connectivity index (χ4v) is 3.42. The molecule has 0 aliphatic heterocycles. The van der Waals surface area contributed by atoms with Crippen LogP contribution >= 0.6 is 31.9 Å². The lowest BCUT2D eigenvalue weighted by Gasteiger charge is -2.22. The Hall–Kier alpha value is -0.910. The van der Waals surface area contributed by atoms with E-state index in [-0.39, 0.29) is 6.04 Å². The predicted octanol–water partition coefficient (Wildman–Crippen LogP) is 4.70. The Morgan fingerprint density at radius 2 is 2.00 bits per heavy atom. The van der Waals surface area contributed by atoms with Crippen LogP contribution in [0.2, 0.25) is 0 Å². The number of nitrogens with zero attached hydrogens (tertiary/aromatic N) is 1. The second kappa shape index (κ2) is 7.92. The molecule has 1 unspecified atom stereocenters. The number of pyridine rings is 1. The summed E-state index contributed by atoms with van der Waals surface area (Å²) >= 11 is 7.05. The SMILES string of the molecule is CCNC(c1ccccc1OCC)c1ncc(Br)cc1Br. The maximum Gasteiger partial charge on any atom is 0.124 e. The van der Waals surface area contributed by atoms with Crippen molar-refractivity contribution in [1.82, 2.24) is 10.3 Å². The molecule has 1 N–H and O–H groups in total. The van der Waals surface area contributed by atoms with Crippen molar-refractivity contribution in [3.8, 4) is 5.75 Å². The van der Waals surface area contributed by atoms with Gasteiger partial charge < -0.3 is 10.1 Å². The summed E-state index contributed by atoms with van der Waals surface area (Å²) in [6.07, 6.45) is 1.81. The molecule has 5 heteroatoms. The van der Waals surface area contributed by atoms with Crippen LogP contribution in [0.5, 0.6) is 5.75 Å².